The van der Waals surface area contributed by atoms with Gasteiger partial charge in [0.15, 0.2) is 24.1 Å². The summed E-state index contributed by atoms with van der Waals surface area (Å²) in [6, 6.07) is -4.63. The van der Waals surface area contributed by atoms with Crippen molar-refractivity contribution in [1.29, 1.82) is 10.8 Å². The smallest absolute Gasteiger partial charge is 0.370 e. The Morgan fingerprint density at radius 1 is 0.605 bits per heavy atom. The van der Waals surface area contributed by atoms with Gasteiger partial charge >= 0.3 is 11.9 Å². The number of carboxylic acid groups (broad SMARTS) is 2. The Balaban J connectivity index is 1.88. The molecule has 0 aromatic carbocycles. The van der Waals surface area contributed by atoms with Crippen LogP contribution >= 0.6 is 0 Å². The first-order valence-corrected chi connectivity index (χ1v) is 27.6. The van der Waals surface area contributed by atoms with Crippen LogP contribution in [0.1, 0.15) is 46.0 Å². The molecule has 2 aliphatic rings. The summed E-state index contributed by atoms with van der Waals surface area (Å²) >= 11 is 0. The maximum Gasteiger partial charge on any atom is 0.370 e. The summed E-state index contributed by atoms with van der Waals surface area (Å²) in [5, 5.41) is 91.0. The zero-order valence-electron chi connectivity index (χ0n) is 48.4. The van der Waals surface area contributed by atoms with Crippen LogP contribution in [0.25, 0.3) is 0 Å². The highest BCUT2D eigenvalue weighted by atomic mass is 16.6. The zero-order valence-corrected chi connectivity index (χ0v) is 48.4. The summed E-state index contributed by atoms with van der Waals surface area (Å²) in [6.45, 7) is 3.33. The van der Waals surface area contributed by atoms with Crippen LogP contribution in [-0.2, 0) is 80.9 Å². The molecule has 86 heavy (non-hydrogen) atoms. The SMILES string of the molecule is C#CCOCCOCCOCCOCCC(=O)N(CCCOCCCNC(=O)CO[C@@H]([C@@H]1OC(C(=O)O)=C[C@H](NC(=N)N)[C@H]1NC(C)=O)[C@H](O)CO)CCCOCCCNC(=O)CO[C@@H]([C@@H]1OC(C(=O)O)=C[C@H](NC(=N)N)[C@H]1NC(C)=O)[C@H](O)CO. The third-order valence-electron chi connectivity index (χ3n) is 12.2. The summed E-state index contributed by atoms with van der Waals surface area (Å²) in [6.07, 6.45) is -0.572. The van der Waals surface area contributed by atoms with E-state index in [1.165, 1.54) is 0 Å². The van der Waals surface area contributed by atoms with Gasteiger partial charge in [-0.2, -0.15) is 0 Å². The molecule has 0 fully saturated rings. The van der Waals surface area contributed by atoms with Crippen LogP contribution in [0, 0.1) is 23.2 Å². The van der Waals surface area contributed by atoms with Crippen LogP contribution < -0.4 is 43.4 Å². The predicted molar refractivity (Wildman–Crippen MR) is 299 cm³/mol. The Labute approximate surface area is 497 Å². The van der Waals surface area contributed by atoms with Gasteiger partial charge in [0.25, 0.3) is 0 Å². The van der Waals surface area contributed by atoms with Gasteiger partial charge < -0.3 is 126 Å². The van der Waals surface area contributed by atoms with E-state index in [2.05, 4.69) is 37.8 Å². The molecular weight excluding hydrogens is 1150 g/mol. The average molecular weight is 1230 g/mol. The molecule has 0 saturated heterocycles. The second kappa shape index (κ2) is 43.6. The third-order valence-corrected chi connectivity index (χ3v) is 12.2. The van der Waals surface area contributed by atoms with E-state index in [0.29, 0.717) is 65.2 Å². The number of carbonyl (C=O) groups excluding carboxylic acids is 5. The van der Waals surface area contributed by atoms with Crippen molar-refractivity contribution in [3.63, 3.8) is 0 Å². The minimum atomic E-state index is -1.71. The first-order valence-electron chi connectivity index (χ1n) is 27.6. The number of nitrogens with zero attached hydrogens (tertiary/aromatic N) is 1. The molecule has 34 nitrogen and oxygen atoms in total. The third kappa shape index (κ3) is 30.9. The fourth-order valence-corrected chi connectivity index (χ4v) is 8.38. The van der Waals surface area contributed by atoms with Crippen molar-refractivity contribution in [2.24, 2.45) is 11.5 Å². The maximum atomic E-state index is 13.4. The maximum absolute atomic E-state index is 13.4. The number of carbonyl (C=O) groups is 7. The van der Waals surface area contributed by atoms with E-state index in [0.717, 1.165) is 26.0 Å². The standard InChI is InChI=1S/C52H87N11O23/c1-4-14-77-20-22-81-24-25-82-23-21-80-19-9-42(72)63(12-7-17-78-15-5-10-57-40(70)30-83-45(36(68)28-64)47-43(59-32(2)66)34(61-51(53)54)26-38(85-47)49(73)74)13-8-18-79-16-6-11-58-41(71)31-84-46(37(69)29-65)48-44(60-33(3)67)35(62-52(55)56)27-39(86-48)50(75)76/h1,26-27,34-37,43-48,64-65,68-69H,5-25,28-31H2,2-3H3,(H,57,70)(H,58,71)(H,59,66)(H,60,67)(H,73,74)(H,75,76)(H4,53,54,61)(H4,55,56,62)/t34-,35-,36+,37+,43+,44+,45+,46+,47+,48+/m0/s1. The van der Waals surface area contributed by atoms with Crippen molar-refractivity contribution in [2.75, 3.05) is 132 Å². The van der Waals surface area contributed by atoms with Crippen molar-refractivity contribution < 1.29 is 112 Å². The number of rotatable bonds is 47. The van der Waals surface area contributed by atoms with E-state index in [9.17, 15) is 64.2 Å². The van der Waals surface area contributed by atoms with E-state index >= 15 is 0 Å². The molecule has 34 heteroatoms. The summed E-state index contributed by atoms with van der Waals surface area (Å²) in [5.74, 6) is -5.75. The monoisotopic (exact) mass is 1230 g/mol. The predicted octanol–water partition coefficient (Wildman–Crippen LogP) is -6.35. The Kier molecular flexibility index (Phi) is 38.1. The fraction of sp³-hybridized carbons (Fsp3) is 0.712. The van der Waals surface area contributed by atoms with Crippen LogP contribution in [0.4, 0.5) is 0 Å². The number of aliphatic hydroxyl groups is 4. The number of hydrogen-bond acceptors (Lipinski definition) is 23. The molecule has 488 valence electrons. The van der Waals surface area contributed by atoms with Crippen LogP contribution in [0.15, 0.2) is 23.7 Å². The highest BCUT2D eigenvalue weighted by Gasteiger charge is 2.47. The zero-order chi connectivity index (χ0) is 63.8. The van der Waals surface area contributed by atoms with Gasteiger partial charge in [0.1, 0.15) is 44.2 Å². The molecule has 0 bridgehead atoms. The average Bonchev–Trinajstić information content (AvgIpc) is 3.65. The van der Waals surface area contributed by atoms with Gasteiger partial charge in [0, 0.05) is 66.5 Å². The summed E-state index contributed by atoms with van der Waals surface area (Å²) in [4.78, 5) is 88.7. The lowest BCUT2D eigenvalue weighted by atomic mass is 9.91. The number of amides is 5. The van der Waals surface area contributed by atoms with Gasteiger partial charge in [0.05, 0.1) is 90.1 Å². The number of terminal acetylenes is 1. The fourth-order valence-electron chi connectivity index (χ4n) is 8.38. The van der Waals surface area contributed by atoms with Crippen LogP contribution in [0.5, 0.6) is 0 Å². The first kappa shape index (κ1) is 75.1. The number of nitrogens with two attached hydrogens (primary N) is 2. The summed E-state index contributed by atoms with van der Waals surface area (Å²) < 4.78 is 55.6. The highest BCUT2D eigenvalue weighted by molar-refractivity contribution is 5.86. The molecule has 10 atom stereocenters. The van der Waals surface area contributed by atoms with Crippen molar-refractivity contribution in [1.82, 2.24) is 36.8 Å². The normalized spacial score (nSPS) is 19.5. The van der Waals surface area contributed by atoms with E-state index in [4.69, 9.17) is 76.1 Å². The number of aliphatic hydroxyl groups excluding tert-OH is 4. The molecular formula is C52H87N11O23. The molecule has 0 aromatic heterocycles. The van der Waals surface area contributed by atoms with Crippen molar-refractivity contribution >= 4 is 53.4 Å². The second-order valence-corrected chi connectivity index (χ2v) is 19.1. The molecule has 0 unspecified atom stereocenters. The highest BCUT2D eigenvalue weighted by Crippen LogP contribution is 2.27. The Morgan fingerprint density at radius 2 is 0.977 bits per heavy atom. The molecule has 5 amide bonds. The van der Waals surface area contributed by atoms with Crippen LogP contribution in [-0.4, -0.2) is 282 Å². The lowest BCUT2D eigenvalue weighted by molar-refractivity contribution is -0.159. The lowest BCUT2D eigenvalue weighted by Gasteiger charge is -2.41. The van der Waals surface area contributed by atoms with Gasteiger partial charge in [-0.15, -0.1) is 6.42 Å². The van der Waals surface area contributed by atoms with Crippen LogP contribution in [0.3, 0.4) is 0 Å². The summed E-state index contributed by atoms with van der Waals surface area (Å²) in [7, 11) is 0. The number of hydrogen-bond donors (Lipinski definition) is 16. The number of aliphatic carboxylic acids is 2. The topological polar surface area (TPSA) is 508 Å². The van der Waals surface area contributed by atoms with Crippen LogP contribution in [0.2, 0.25) is 0 Å². The van der Waals surface area contributed by atoms with Gasteiger partial charge in [-0.1, -0.05) is 5.92 Å². The van der Waals surface area contributed by atoms with E-state index in [1.54, 1.807) is 4.90 Å². The molecule has 0 aliphatic carbocycles. The number of carboxylic acids is 2. The second-order valence-electron chi connectivity index (χ2n) is 19.1. The molecule has 18 N–H and O–H groups in total. The Morgan fingerprint density at radius 3 is 1.34 bits per heavy atom. The first-order chi connectivity index (χ1) is 41.1. The lowest BCUT2D eigenvalue weighted by Crippen LogP contribution is -2.64. The molecule has 2 heterocycles. The Hall–Kier alpha value is -7.01. The molecule has 2 rings (SSSR count). The molecule has 0 radical (unpaired) electrons. The molecule has 0 saturated carbocycles. The number of guanidine groups is 2. The minimum absolute atomic E-state index is 0.0812. The molecule has 2 aliphatic heterocycles. The van der Waals surface area contributed by atoms with Crippen molar-refractivity contribution in [3.8, 4) is 12.3 Å². The van der Waals surface area contributed by atoms with E-state index in [1.807, 2.05) is 0 Å². The van der Waals surface area contributed by atoms with E-state index in [-0.39, 0.29) is 78.3 Å². The minimum Gasteiger partial charge on any atom is -0.478 e. The molecule has 0 spiro atoms. The van der Waals surface area contributed by atoms with Gasteiger partial charge in [0.2, 0.25) is 41.1 Å². The quantitative estimate of drug-likeness (QED) is 0.0117. The van der Waals surface area contributed by atoms with Crippen molar-refractivity contribution in [2.45, 2.75) is 107 Å². The van der Waals surface area contributed by atoms with Gasteiger partial charge in [-0.3, -0.25) is 34.8 Å². The number of ether oxygens (including phenoxy) is 10. The molecule has 0 aromatic rings. The summed E-state index contributed by atoms with van der Waals surface area (Å²) in [5.41, 5.74) is 11.0. The van der Waals surface area contributed by atoms with Gasteiger partial charge in [-0.05, 0) is 37.8 Å². The van der Waals surface area contributed by atoms with E-state index < -0.39 is 146 Å². The van der Waals surface area contributed by atoms with Gasteiger partial charge in [-0.25, -0.2) is 9.59 Å². The largest absolute Gasteiger partial charge is 0.478 e. The number of nitrogens with one attached hydrogen (secondary N) is 8. The Bertz CT molecular complexity index is 2100. The van der Waals surface area contributed by atoms with Crippen molar-refractivity contribution in [3.05, 3.63) is 23.7 Å².